The highest BCUT2D eigenvalue weighted by molar-refractivity contribution is 9.10. The Kier molecular flexibility index (Phi) is 5.25. The zero-order valence-electron chi connectivity index (χ0n) is 11.7. The number of halogens is 3. The third-order valence-electron chi connectivity index (χ3n) is 2.69. The van der Waals surface area contributed by atoms with Crippen LogP contribution in [-0.4, -0.2) is 11.0 Å². The molecule has 1 N–H and O–H groups in total. The van der Waals surface area contributed by atoms with E-state index in [9.17, 15) is 8.78 Å². The number of nitrogens with zero attached hydrogens (tertiary/aromatic N) is 1. The van der Waals surface area contributed by atoms with E-state index in [0.29, 0.717) is 6.54 Å². The van der Waals surface area contributed by atoms with E-state index in [1.54, 1.807) is 6.20 Å². The average molecular weight is 357 g/mol. The highest BCUT2D eigenvalue weighted by Gasteiger charge is 2.12. The highest BCUT2D eigenvalue weighted by Crippen LogP contribution is 2.28. The molecule has 3 nitrogen and oxygen atoms in total. The quantitative estimate of drug-likeness (QED) is 0.861. The fourth-order valence-electron chi connectivity index (χ4n) is 1.66. The first-order valence-electron chi connectivity index (χ1n) is 6.46. The maximum Gasteiger partial charge on any atom is 0.223 e. The Morgan fingerprint density at radius 2 is 2.05 bits per heavy atom. The molecule has 0 saturated heterocycles. The number of aromatic nitrogens is 1. The zero-order valence-corrected chi connectivity index (χ0v) is 13.2. The summed E-state index contributed by atoms with van der Waals surface area (Å²) in [4.78, 5) is 4.12. The van der Waals surface area contributed by atoms with Crippen LogP contribution in [0.2, 0.25) is 0 Å². The molecule has 112 valence electrons. The molecule has 0 radical (unpaired) electrons. The van der Waals surface area contributed by atoms with Crippen molar-refractivity contribution in [2.24, 2.45) is 0 Å². The molecule has 0 amide bonds. The van der Waals surface area contributed by atoms with Crippen LogP contribution in [-0.2, 0) is 6.54 Å². The maximum absolute atomic E-state index is 13.6. The second-order valence-corrected chi connectivity index (χ2v) is 5.75. The van der Waals surface area contributed by atoms with Gasteiger partial charge in [-0.25, -0.2) is 13.8 Å². The molecule has 1 aromatic heterocycles. The molecular weight excluding hydrogens is 342 g/mol. The highest BCUT2D eigenvalue weighted by atomic mass is 79.9. The van der Waals surface area contributed by atoms with Crippen LogP contribution >= 0.6 is 15.9 Å². The summed E-state index contributed by atoms with van der Waals surface area (Å²) in [5.74, 6) is -1.14. The summed E-state index contributed by atoms with van der Waals surface area (Å²) in [6, 6.07) is 5.17. The third-order valence-corrected chi connectivity index (χ3v) is 3.13. The van der Waals surface area contributed by atoms with E-state index in [0.717, 1.165) is 28.2 Å². The number of nitrogens with one attached hydrogen (secondary N) is 1. The lowest BCUT2D eigenvalue weighted by atomic mass is 10.2. The SMILES string of the molecule is CC(C)NCc1cc(Br)cnc1Oc1cc(F)ccc1F. The Balaban J connectivity index is 2.28. The van der Waals surface area contributed by atoms with Crippen LogP contribution in [0.5, 0.6) is 11.6 Å². The van der Waals surface area contributed by atoms with E-state index in [2.05, 4.69) is 26.2 Å². The van der Waals surface area contributed by atoms with Gasteiger partial charge < -0.3 is 10.1 Å². The van der Waals surface area contributed by atoms with Gasteiger partial charge in [-0.1, -0.05) is 13.8 Å². The molecule has 0 unspecified atom stereocenters. The van der Waals surface area contributed by atoms with E-state index < -0.39 is 11.6 Å². The van der Waals surface area contributed by atoms with Crippen LogP contribution in [0.1, 0.15) is 19.4 Å². The fourth-order valence-corrected chi connectivity index (χ4v) is 2.04. The van der Waals surface area contributed by atoms with E-state index in [4.69, 9.17) is 4.74 Å². The van der Waals surface area contributed by atoms with E-state index >= 15 is 0 Å². The molecule has 2 aromatic rings. The second kappa shape index (κ2) is 6.95. The zero-order chi connectivity index (χ0) is 15.4. The summed E-state index contributed by atoms with van der Waals surface area (Å²) < 4.78 is 33.0. The van der Waals surface area contributed by atoms with E-state index in [1.165, 1.54) is 0 Å². The van der Waals surface area contributed by atoms with Crippen molar-refractivity contribution in [3.05, 3.63) is 52.1 Å². The molecule has 0 spiro atoms. The summed E-state index contributed by atoms with van der Waals surface area (Å²) in [5, 5.41) is 3.23. The Labute approximate surface area is 130 Å². The first kappa shape index (κ1) is 15.9. The van der Waals surface area contributed by atoms with Crippen molar-refractivity contribution in [3.63, 3.8) is 0 Å². The van der Waals surface area contributed by atoms with Gasteiger partial charge in [0.25, 0.3) is 0 Å². The van der Waals surface area contributed by atoms with Gasteiger partial charge in [0.1, 0.15) is 5.82 Å². The molecular formula is C15H15BrF2N2O. The third kappa shape index (κ3) is 4.47. The van der Waals surface area contributed by atoms with Crippen molar-refractivity contribution in [2.75, 3.05) is 0 Å². The molecule has 0 fully saturated rings. The Hall–Kier alpha value is -1.53. The molecule has 2 rings (SSSR count). The standard InChI is InChI=1S/C15H15BrF2N2O/c1-9(2)19-7-10-5-11(16)8-20-15(10)21-14-6-12(17)3-4-13(14)18/h3-6,8-9,19H,7H2,1-2H3. The number of benzene rings is 1. The van der Waals surface area contributed by atoms with Gasteiger partial charge in [0, 0.05) is 34.9 Å². The van der Waals surface area contributed by atoms with Crippen molar-refractivity contribution in [3.8, 4) is 11.6 Å². The predicted molar refractivity (Wildman–Crippen MR) is 80.3 cm³/mol. The van der Waals surface area contributed by atoms with Crippen molar-refractivity contribution in [2.45, 2.75) is 26.4 Å². The lowest BCUT2D eigenvalue weighted by Crippen LogP contribution is -2.22. The van der Waals surface area contributed by atoms with Gasteiger partial charge in [0.15, 0.2) is 11.6 Å². The Morgan fingerprint density at radius 3 is 2.76 bits per heavy atom. The van der Waals surface area contributed by atoms with Crippen LogP contribution < -0.4 is 10.1 Å². The number of ether oxygens (including phenoxy) is 1. The minimum Gasteiger partial charge on any atom is -0.435 e. The maximum atomic E-state index is 13.6. The summed E-state index contributed by atoms with van der Waals surface area (Å²) in [7, 11) is 0. The fraction of sp³-hybridized carbons (Fsp3) is 0.267. The smallest absolute Gasteiger partial charge is 0.223 e. The van der Waals surface area contributed by atoms with E-state index in [1.807, 2.05) is 19.9 Å². The lowest BCUT2D eigenvalue weighted by molar-refractivity contribution is 0.414. The molecule has 21 heavy (non-hydrogen) atoms. The summed E-state index contributed by atoms with van der Waals surface area (Å²) in [6.45, 7) is 4.53. The predicted octanol–water partition coefficient (Wildman–Crippen LogP) is 4.41. The number of rotatable bonds is 5. The number of pyridine rings is 1. The Bertz CT molecular complexity index is 635. The van der Waals surface area contributed by atoms with Crippen molar-refractivity contribution < 1.29 is 13.5 Å². The lowest BCUT2D eigenvalue weighted by Gasteiger charge is -2.13. The van der Waals surface area contributed by atoms with Crippen LogP contribution in [0.3, 0.4) is 0 Å². The molecule has 0 atom stereocenters. The normalized spacial score (nSPS) is 11.0. The average Bonchev–Trinajstić information content (AvgIpc) is 2.43. The van der Waals surface area contributed by atoms with Gasteiger partial charge in [0.2, 0.25) is 5.88 Å². The van der Waals surface area contributed by atoms with Crippen molar-refractivity contribution in [1.29, 1.82) is 0 Å². The molecule has 0 aliphatic heterocycles. The number of hydrogen-bond acceptors (Lipinski definition) is 3. The number of hydrogen-bond donors (Lipinski definition) is 1. The molecule has 0 aliphatic carbocycles. The minimum atomic E-state index is -0.635. The van der Waals surface area contributed by atoms with Gasteiger partial charge >= 0.3 is 0 Å². The molecule has 0 aliphatic rings. The van der Waals surface area contributed by atoms with Crippen LogP contribution in [0.15, 0.2) is 34.9 Å². The van der Waals surface area contributed by atoms with Crippen LogP contribution in [0.25, 0.3) is 0 Å². The van der Waals surface area contributed by atoms with Crippen molar-refractivity contribution in [1.82, 2.24) is 10.3 Å². The van der Waals surface area contributed by atoms with Gasteiger partial charge in [0.05, 0.1) is 0 Å². The van der Waals surface area contributed by atoms with Gasteiger partial charge in [-0.2, -0.15) is 0 Å². The second-order valence-electron chi connectivity index (χ2n) is 4.83. The van der Waals surface area contributed by atoms with Gasteiger partial charge in [-0.3, -0.25) is 0 Å². The van der Waals surface area contributed by atoms with Crippen LogP contribution in [0.4, 0.5) is 8.78 Å². The first-order chi connectivity index (χ1) is 9.95. The monoisotopic (exact) mass is 356 g/mol. The largest absolute Gasteiger partial charge is 0.435 e. The topological polar surface area (TPSA) is 34.2 Å². The Morgan fingerprint density at radius 1 is 1.29 bits per heavy atom. The molecule has 0 bridgehead atoms. The summed E-state index contributed by atoms with van der Waals surface area (Å²) in [6.07, 6.45) is 1.55. The molecule has 1 heterocycles. The van der Waals surface area contributed by atoms with Gasteiger partial charge in [-0.05, 0) is 34.1 Å². The van der Waals surface area contributed by atoms with E-state index in [-0.39, 0.29) is 17.7 Å². The van der Waals surface area contributed by atoms with Crippen molar-refractivity contribution >= 4 is 15.9 Å². The molecule has 1 aromatic carbocycles. The molecule has 6 heteroatoms. The minimum absolute atomic E-state index is 0.185. The summed E-state index contributed by atoms with van der Waals surface area (Å²) >= 11 is 3.33. The van der Waals surface area contributed by atoms with Gasteiger partial charge in [-0.15, -0.1) is 0 Å². The summed E-state index contributed by atoms with van der Waals surface area (Å²) in [5.41, 5.74) is 0.752. The van der Waals surface area contributed by atoms with Crippen LogP contribution in [0, 0.1) is 11.6 Å². The first-order valence-corrected chi connectivity index (χ1v) is 7.25. The molecule has 0 saturated carbocycles.